The number of H-pyrrole nitrogens is 1. The van der Waals surface area contributed by atoms with Crippen LogP contribution in [0.4, 0.5) is 0 Å². The molecular formula is C11H10Cl2N2O. The summed E-state index contributed by atoms with van der Waals surface area (Å²) in [5, 5.41) is 0.806. The second-order valence-electron chi connectivity index (χ2n) is 3.86. The molecule has 0 bridgehead atoms. The van der Waals surface area contributed by atoms with Crippen molar-refractivity contribution in [1.29, 1.82) is 0 Å². The fraction of sp³-hybridized carbons (Fsp3) is 0.273. The third-order valence-corrected chi connectivity index (χ3v) is 3.12. The lowest BCUT2D eigenvalue weighted by molar-refractivity contribution is 0.807. The first kappa shape index (κ1) is 11.4. The van der Waals surface area contributed by atoms with Crippen molar-refractivity contribution in [2.24, 2.45) is 0 Å². The van der Waals surface area contributed by atoms with E-state index < -0.39 is 0 Å². The van der Waals surface area contributed by atoms with Crippen LogP contribution in [-0.2, 0) is 0 Å². The molecule has 1 N–H and O–H groups in total. The Morgan fingerprint density at radius 3 is 2.62 bits per heavy atom. The molecule has 5 heteroatoms. The van der Waals surface area contributed by atoms with Crippen molar-refractivity contribution < 1.29 is 0 Å². The van der Waals surface area contributed by atoms with Gasteiger partial charge in [-0.25, -0.2) is 4.98 Å². The van der Waals surface area contributed by atoms with E-state index in [0.717, 1.165) is 0 Å². The molecule has 0 spiro atoms. The summed E-state index contributed by atoms with van der Waals surface area (Å²) >= 11 is 11.9. The maximum Gasteiger partial charge on any atom is 0.270 e. The molecule has 0 aliphatic heterocycles. The molecule has 16 heavy (non-hydrogen) atoms. The molecular weight excluding hydrogens is 247 g/mol. The van der Waals surface area contributed by atoms with Gasteiger partial charge < -0.3 is 4.98 Å². The van der Waals surface area contributed by atoms with Crippen LogP contribution in [0.5, 0.6) is 0 Å². The SMILES string of the molecule is CC(C)c1nc2c(Cl)c(Cl)ccc2[nH]c1=O. The summed E-state index contributed by atoms with van der Waals surface area (Å²) in [7, 11) is 0. The average Bonchev–Trinajstić information content (AvgIpc) is 2.23. The molecule has 2 rings (SSSR count). The van der Waals surface area contributed by atoms with E-state index in [2.05, 4.69) is 9.97 Å². The number of rotatable bonds is 1. The second kappa shape index (κ2) is 4.07. The van der Waals surface area contributed by atoms with Crippen LogP contribution in [0.25, 0.3) is 11.0 Å². The van der Waals surface area contributed by atoms with Crippen LogP contribution >= 0.6 is 23.2 Å². The number of fused-ring (bicyclic) bond motifs is 1. The number of aromatic amines is 1. The zero-order chi connectivity index (χ0) is 11.9. The molecule has 0 unspecified atom stereocenters. The summed E-state index contributed by atoms with van der Waals surface area (Å²) < 4.78 is 0. The van der Waals surface area contributed by atoms with Gasteiger partial charge in [0, 0.05) is 5.92 Å². The lowest BCUT2D eigenvalue weighted by Crippen LogP contribution is -2.16. The summed E-state index contributed by atoms with van der Waals surface area (Å²) in [5.74, 6) is 0.0446. The van der Waals surface area contributed by atoms with E-state index in [4.69, 9.17) is 23.2 Å². The van der Waals surface area contributed by atoms with E-state index >= 15 is 0 Å². The number of nitrogens with one attached hydrogen (secondary N) is 1. The van der Waals surface area contributed by atoms with Crippen molar-refractivity contribution in [1.82, 2.24) is 9.97 Å². The van der Waals surface area contributed by atoms with E-state index in [-0.39, 0.29) is 11.5 Å². The Morgan fingerprint density at radius 1 is 1.31 bits per heavy atom. The molecule has 0 saturated heterocycles. The van der Waals surface area contributed by atoms with E-state index in [1.807, 2.05) is 13.8 Å². The van der Waals surface area contributed by atoms with E-state index in [9.17, 15) is 4.79 Å². The van der Waals surface area contributed by atoms with Crippen molar-refractivity contribution >= 4 is 34.2 Å². The van der Waals surface area contributed by atoms with Crippen molar-refractivity contribution in [3.05, 3.63) is 38.2 Å². The van der Waals surface area contributed by atoms with Crippen LogP contribution in [0.3, 0.4) is 0 Å². The first-order chi connectivity index (χ1) is 7.50. The topological polar surface area (TPSA) is 45.8 Å². The lowest BCUT2D eigenvalue weighted by atomic mass is 10.1. The third-order valence-electron chi connectivity index (χ3n) is 2.33. The molecule has 0 aliphatic carbocycles. The highest BCUT2D eigenvalue weighted by molar-refractivity contribution is 6.44. The number of halogens is 2. The number of aromatic nitrogens is 2. The molecule has 0 atom stereocenters. The van der Waals surface area contributed by atoms with Crippen LogP contribution in [0.15, 0.2) is 16.9 Å². The molecule has 3 nitrogen and oxygen atoms in total. The summed E-state index contributed by atoms with van der Waals surface area (Å²) in [6.45, 7) is 3.81. The fourth-order valence-electron chi connectivity index (χ4n) is 1.50. The highest BCUT2D eigenvalue weighted by Gasteiger charge is 2.11. The maximum absolute atomic E-state index is 11.7. The highest BCUT2D eigenvalue weighted by atomic mass is 35.5. The zero-order valence-corrected chi connectivity index (χ0v) is 10.4. The molecule has 1 heterocycles. The van der Waals surface area contributed by atoms with Gasteiger partial charge in [-0.1, -0.05) is 37.0 Å². The van der Waals surface area contributed by atoms with Gasteiger partial charge >= 0.3 is 0 Å². The van der Waals surface area contributed by atoms with Gasteiger partial charge in [0.25, 0.3) is 5.56 Å². The summed E-state index contributed by atoms with van der Waals surface area (Å²) in [5.41, 5.74) is 1.43. The van der Waals surface area contributed by atoms with Crippen LogP contribution in [0.1, 0.15) is 25.5 Å². The molecule has 84 valence electrons. The molecule has 0 saturated carbocycles. The van der Waals surface area contributed by atoms with Gasteiger partial charge in [-0.05, 0) is 12.1 Å². The first-order valence-electron chi connectivity index (χ1n) is 4.88. The van der Waals surface area contributed by atoms with Gasteiger partial charge in [-0.3, -0.25) is 4.79 Å². The lowest BCUT2D eigenvalue weighted by Gasteiger charge is -2.06. The highest BCUT2D eigenvalue weighted by Crippen LogP contribution is 2.28. The van der Waals surface area contributed by atoms with Gasteiger partial charge in [-0.2, -0.15) is 0 Å². The Labute approximate surface area is 102 Å². The molecule has 0 fully saturated rings. The Kier molecular flexibility index (Phi) is 2.91. The molecule has 1 aromatic carbocycles. The average molecular weight is 257 g/mol. The quantitative estimate of drug-likeness (QED) is 0.851. The molecule has 0 amide bonds. The minimum atomic E-state index is -0.180. The Balaban J connectivity index is 2.86. The van der Waals surface area contributed by atoms with Gasteiger partial charge in [0.1, 0.15) is 11.2 Å². The predicted molar refractivity (Wildman–Crippen MR) is 66.5 cm³/mol. The van der Waals surface area contributed by atoms with E-state index in [1.54, 1.807) is 12.1 Å². The van der Waals surface area contributed by atoms with Gasteiger partial charge in [-0.15, -0.1) is 0 Å². The third kappa shape index (κ3) is 1.81. The minimum absolute atomic E-state index is 0.0446. The normalized spacial score (nSPS) is 11.3. The first-order valence-corrected chi connectivity index (χ1v) is 5.64. The predicted octanol–water partition coefficient (Wildman–Crippen LogP) is 3.35. The van der Waals surface area contributed by atoms with Gasteiger partial charge in [0.15, 0.2) is 0 Å². The number of hydrogen-bond donors (Lipinski definition) is 1. The summed E-state index contributed by atoms with van der Waals surface area (Å²) in [4.78, 5) is 18.7. The van der Waals surface area contributed by atoms with E-state index in [1.165, 1.54) is 0 Å². The standard InChI is InChI=1S/C11H10Cl2N2O/c1-5(2)9-11(16)14-7-4-3-6(12)8(13)10(7)15-9/h3-5H,1-2H3,(H,14,16). The zero-order valence-electron chi connectivity index (χ0n) is 8.84. The smallest absolute Gasteiger partial charge is 0.270 e. The van der Waals surface area contributed by atoms with Crippen LogP contribution in [-0.4, -0.2) is 9.97 Å². The van der Waals surface area contributed by atoms with Crippen molar-refractivity contribution in [2.75, 3.05) is 0 Å². The van der Waals surface area contributed by atoms with Gasteiger partial charge in [0.2, 0.25) is 0 Å². The summed E-state index contributed by atoms with van der Waals surface area (Å²) in [6.07, 6.45) is 0. The number of hydrogen-bond acceptors (Lipinski definition) is 2. The van der Waals surface area contributed by atoms with Gasteiger partial charge in [0.05, 0.1) is 15.6 Å². The van der Waals surface area contributed by atoms with Crippen molar-refractivity contribution in [3.8, 4) is 0 Å². The molecule has 1 aromatic heterocycles. The minimum Gasteiger partial charge on any atom is -0.319 e. The van der Waals surface area contributed by atoms with Crippen molar-refractivity contribution in [3.63, 3.8) is 0 Å². The number of nitrogens with zero attached hydrogens (tertiary/aromatic N) is 1. The van der Waals surface area contributed by atoms with Crippen molar-refractivity contribution in [2.45, 2.75) is 19.8 Å². The molecule has 0 radical (unpaired) electrons. The maximum atomic E-state index is 11.7. The second-order valence-corrected chi connectivity index (χ2v) is 4.65. The van der Waals surface area contributed by atoms with E-state index in [0.29, 0.717) is 26.8 Å². The van der Waals surface area contributed by atoms with Crippen LogP contribution < -0.4 is 5.56 Å². The Bertz CT molecular complexity index is 605. The summed E-state index contributed by atoms with van der Waals surface area (Å²) in [6, 6.07) is 3.33. The Hall–Kier alpha value is -1.06. The van der Waals surface area contributed by atoms with Crippen LogP contribution in [0, 0.1) is 0 Å². The number of benzene rings is 1. The molecule has 0 aliphatic rings. The monoisotopic (exact) mass is 256 g/mol. The van der Waals surface area contributed by atoms with Crippen LogP contribution in [0.2, 0.25) is 10.0 Å². The Morgan fingerprint density at radius 2 is 2.00 bits per heavy atom. The molecule has 2 aromatic rings. The largest absolute Gasteiger partial charge is 0.319 e. The fourth-order valence-corrected chi connectivity index (χ4v) is 1.86.